The van der Waals surface area contributed by atoms with E-state index < -0.39 is 0 Å². The maximum Gasteiger partial charge on any atom is -2.00 e. The van der Waals surface area contributed by atoms with Gasteiger partial charge >= 0.3 is 46.6 Å². The predicted octanol–water partition coefficient (Wildman–Crippen LogP) is -0.772. The molecule has 4 heteroatoms. The third-order valence-electron chi connectivity index (χ3n) is 0. The first kappa shape index (κ1) is 37.7. The molecule has 0 aromatic rings. The molecule has 0 saturated heterocycles. The van der Waals surface area contributed by atoms with Crippen molar-refractivity contribution in [3.8, 4) is 0 Å². The molecule has 2 radical (unpaired) electrons. The van der Waals surface area contributed by atoms with Crippen LogP contribution in [-0.2, 0) is 39.3 Å². The van der Waals surface area contributed by atoms with Crippen LogP contribution in [-0.4, -0.2) is 29.6 Å². The fourth-order valence-electron chi connectivity index (χ4n) is 0. The first-order valence-electron chi connectivity index (χ1n) is 0. The molecule has 0 fully saturated rings. The molecule has 0 unspecified atom stereocenters. The zero-order chi connectivity index (χ0) is 0. The van der Waals surface area contributed by atoms with Crippen LogP contribution in [0.4, 0.5) is 0 Å². The fraction of sp³-hybridized carbons (Fsp3) is 0. The fourth-order valence-corrected chi connectivity index (χ4v) is 0. The van der Waals surface area contributed by atoms with Gasteiger partial charge < -0.3 is 5.48 Å². The van der Waals surface area contributed by atoms with E-state index in [0.717, 1.165) is 0 Å². The zero-order valence-electron chi connectivity index (χ0n) is 1.12. The van der Waals surface area contributed by atoms with Crippen LogP contribution in [0.2, 0.25) is 0 Å². The van der Waals surface area contributed by atoms with Crippen molar-refractivity contribution in [3.05, 3.63) is 0 Å². The Labute approximate surface area is 68.2 Å². The molecule has 24 valence electrons. The summed E-state index contributed by atoms with van der Waals surface area (Å²) in [7, 11) is 0. The van der Waals surface area contributed by atoms with Gasteiger partial charge in [0.25, 0.3) is 0 Å². The normalized spacial score (nSPS) is 0. The van der Waals surface area contributed by atoms with Gasteiger partial charge in [0.1, 0.15) is 0 Å². The minimum absolute atomic E-state index is 0. The van der Waals surface area contributed by atoms with Crippen molar-refractivity contribution < 1.29 is 39.3 Å². The molecule has 0 spiro atoms. The number of rotatable bonds is 0. The summed E-state index contributed by atoms with van der Waals surface area (Å²) in [6, 6.07) is 0. The Morgan fingerprint density at radius 1 is 1.00 bits per heavy atom. The van der Waals surface area contributed by atoms with Gasteiger partial charge in [-0.3, -0.25) is 0 Å². The standard InChI is InChI=1S/Co.Mn.Na.O.H/q;+2;;-2;. The average Bonchev–Trinajstić information content (AvgIpc) is 0. The van der Waals surface area contributed by atoms with Crippen LogP contribution in [0.25, 0.3) is 0 Å². The van der Waals surface area contributed by atoms with Crippen molar-refractivity contribution in [2.75, 3.05) is 0 Å². The first-order chi connectivity index (χ1) is 0. The number of hydrogen-bond acceptors (Lipinski definition) is 0. The molecule has 0 N–H and O–H groups in total. The Morgan fingerprint density at radius 2 is 1.00 bits per heavy atom. The summed E-state index contributed by atoms with van der Waals surface area (Å²) >= 11 is 0. The monoisotopic (exact) mass is 154 g/mol. The quantitative estimate of drug-likeness (QED) is 0.409. The second-order valence-corrected chi connectivity index (χ2v) is 0. The van der Waals surface area contributed by atoms with Crippen molar-refractivity contribution in [2.24, 2.45) is 0 Å². The minimum Gasteiger partial charge on any atom is -2.00 e. The van der Waals surface area contributed by atoms with E-state index in [1.54, 1.807) is 0 Å². The summed E-state index contributed by atoms with van der Waals surface area (Å²) < 4.78 is 0. The second kappa shape index (κ2) is 20.1. The smallest absolute Gasteiger partial charge is 2.00 e. The summed E-state index contributed by atoms with van der Waals surface area (Å²) in [5.41, 5.74) is 0. The molecule has 0 atom stereocenters. The SMILES string of the molecule is [Co].[Mn+2].[NaH].[O-2]. The van der Waals surface area contributed by atoms with Gasteiger partial charge in [0.15, 0.2) is 0 Å². The molecule has 4 heavy (non-hydrogen) atoms. The van der Waals surface area contributed by atoms with E-state index in [2.05, 4.69) is 0 Å². The van der Waals surface area contributed by atoms with Crippen molar-refractivity contribution in [1.82, 2.24) is 0 Å². The molecular formula is HCoMnNaO. The molecular weight excluding hydrogens is 153 g/mol. The van der Waals surface area contributed by atoms with Crippen molar-refractivity contribution in [2.45, 2.75) is 0 Å². The summed E-state index contributed by atoms with van der Waals surface area (Å²) in [5.74, 6) is 0. The van der Waals surface area contributed by atoms with Crippen LogP contribution in [0.3, 0.4) is 0 Å². The molecule has 0 aliphatic heterocycles. The van der Waals surface area contributed by atoms with E-state index in [-0.39, 0.29) is 68.9 Å². The third-order valence-corrected chi connectivity index (χ3v) is 0. The molecule has 1 nitrogen and oxygen atoms in total. The van der Waals surface area contributed by atoms with Crippen LogP contribution in [0.15, 0.2) is 0 Å². The van der Waals surface area contributed by atoms with E-state index in [4.69, 9.17) is 0 Å². The molecule has 0 aliphatic carbocycles. The Kier molecular flexibility index (Phi) is 189. The van der Waals surface area contributed by atoms with Gasteiger partial charge in [0, 0.05) is 16.8 Å². The second-order valence-electron chi connectivity index (χ2n) is 0. The molecule has 0 bridgehead atoms. The largest absolute Gasteiger partial charge is 2.00 e. The Hall–Kier alpha value is 1.99. The van der Waals surface area contributed by atoms with E-state index >= 15 is 0 Å². The molecule has 0 heterocycles. The van der Waals surface area contributed by atoms with E-state index in [1.807, 2.05) is 0 Å². The van der Waals surface area contributed by atoms with E-state index in [9.17, 15) is 0 Å². The van der Waals surface area contributed by atoms with E-state index in [0.29, 0.717) is 0 Å². The van der Waals surface area contributed by atoms with Crippen LogP contribution in [0, 0.1) is 0 Å². The molecule has 0 aromatic carbocycles. The molecule has 0 amide bonds. The van der Waals surface area contributed by atoms with Gasteiger partial charge in [0.2, 0.25) is 0 Å². The minimum atomic E-state index is 0. The van der Waals surface area contributed by atoms with Gasteiger partial charge in [-0.1, -0.05) is 0 Å². The van der Waals surface area contributed by atoms with Crippen molar-refractivity contribution in [3.63, 3.8) is 0 Å². The molecule has 0 saturated carbocycles. The van der Waals surface area contributed by atoms with Gasteiger partial charge in [-0.25, -0.2) is 0 Å². The maximum atomic E-state index is 0. The molecule has 0 aromatic heterocycles. The Morgan fingerprint density at radius 3 is 1.00 bits per heavy atom. The molecule has 0 rings (SSSR count). The summed E-state index contributed by atoms with van der Waals surface area (Å²) in [5, 5.41) is 0. The topological polar surface area (TPSA) is 28.5 Å². The summed E-state index contributed by atoms with van der Waals surface area (Å²) in [4.78, 5) is 0. The Bertz CT molecular complexity index is 8.00. The van der Waals surface area contributed by atoms with Crippen LogP contribution in [0.1, 0.15) is 0 Å². The van der Waals surface area contributed by atoms with Gasteiger partial charge in [0.05, 0.1) is 0 Å². The van der Waals surface area contributed by atoms with Gasteiger partial charge in [-0.15, -0.1) is 0 Å². The first-order valence-corrected chi connectivity index (χ1v) is 0. The zero-order valence-corrected chi connectivity index (χ0v) is 3.34. The van der Waals surface area contributed by atoms with Crippen molar-refractivity contribution >= 4 is 29.6 Å². The third kappa shape index (κ3) is 9.01. The average molecular weight is 154 g/mol. The van der Waals surface area contributed by atoms with Gasteiger partial charge in [-0.2, -0.15) is 0 Å². The van der Waals surface area contributed by atoms with Gasteiger partial charge in [-0.05, 0) is 0 Å². The number of hydrogen-bond donors (Lipinski definition) is 0. The van der Waals surface area contributed by atoms with Crippen LogP contribution >= 0.6 is 0 Å². The predicted molar refractivity (Wildman–Crippen MR) is 7.84 cm³/mol. The maximum absolute atomic E-state index is 0. The van der Waals surface area contributed by atoms with E-state index in [1.165, 1.54) is 0 Å². The van der Waals surface area contributed by atoms with Crippen LogP contribution < -0.4 is 0 Å². The summed E-state index contributed by atoms with van der Waals surface area (Å²) in [6.07, 6.45) is 0. The van der Waals surface area contributed by atoms with Crippen molar-refractivity contribution in [1.29, 1.82) is 0 Å². The summed E-state index contributed by atoms with van der Waals surface area (Å²) in [6.45, 7) is 0. The van der Waals surface area contributed by atoms with Crippen LogP contribution in [0.5, 0.6) is 0 Å². The molecule has 0 aliphatic rings. The Balaban J connectivity index is 0.